The normalized spacial score (nSPS) is 11.8. The number of hydrogen-bond donors (Lipinski definition) is 0. The van der Waals surface area contributed by atoms with Crippen LogP contribution in [0.3, 0.4) is 0 Å². The van der Waals surface area contributed by atoms with Crippen molar-refractivity contribution in [3.63, 3.8) is 0 Å². The van der Waals surface area contributed by atoms with Crippen molar-refractivity contribution < 1.29 is 18.3 Å². The number of ether oxygens (including phenoxy) is 1. The summed E-state index contributed by atoms with van der Waals surface area (Å²) in [6, 6.07) is 24.8. The molecule has 0 N–H and O–H groups in total. The second kappa shape index (κ2) is 10.5. The van der Waals surface area contributed by atoms with Crippen LogP contribution >= 0.6 is 11.8 Å². The minimum absolute atomic E-state index is 0.0155. The quantitative estimate of drug-likeness (QED) is 0.203. The summed E-state index contributed by atoms with van der Waals surface area (Å²) >= 11 is 1.18. The Labute approximate surface area is 210 Å². The molecule has 0 saturated carbocycles. The highest BCUT2D eigenvalue weighted by Crippen LogP contribution is 2.29. The first kappa shape index (κ1) is 23.4. The van der Waals surface area contributed by atoms with Crippen molar-refractivity contribution in [1.82, 2.24) is 25.0 Å². The van der Waals surface area contributed by atoms with Crippen molar-refractivity contribution in [2.45, 2.75) is 18.2 Å². The molecule has 0 aliphatic carbocycles. The number of benzene rings is 3. The Hall–Kier alpha value is -4.31. The van der Waals surface area contributed by atoms with E-state index in [-0.39, 0.29) is 17.5 Å². The highest BCUT2D eigenvalue weighted by atomic mass is 32.2. The van der Waals surface area contributed by atoms with E-state index in [1.807, 2.05) is 65.2 Å². The molecule has 0 fully saturated rings. The van der Waals surface area contributed by atoms with Gasteiger partial charge < -0.3 is 9.15 Å². The second-order valence-electron chi connectivity index (χ2n) is 7.72. The molecule has 36 heavy (non-hydrogen) atoms. The van der Waals surface area contributed by atoms with Crippen LogP contribution < -0.4 is 0 Å². The third-order valence-corrected chi connectivity index (χ3v) is 6.09. The van der Waals surface area contributed by atoms with Crippen LogP contribution in [0.25, 0.3) is 28.5 Å². The Bertz CT molecular complexity index is 1460. The van der Waals surface area contributed by atoms with Gasteiger partial charge in [0.2, 0.25) is 5.89 Å². The van der Waals surface area contributed by atoms with Crippen molar-refractivity contribution in [2.24, 2.45) is 0 Å². The summed E-state index contributed by atoms with van der Waals surface area (Å²) in [5.74, 6) is 0.263. The van der Waals surface area contributed by atoms with Crippen LogP contribution in [0.15, 0.2) is 94.5 Å². The molecule has 8 nitrogen and oxygen atoms in total. The van der Waals surface area contributed by atoms with Gasteiger partial charge in [-0.15, -0.1) is 20.4 Å². The molecule has 3 aromatic carbocycles. The zero-order valence-corrected chi connectivity index (χ0v) is 19.9. The van der Waals surface area contributed by atoms with E-state index in [2.05, 4.69) is 20.4 Å². The lowest BCUT2D eigenvalue weighted by Gasteiger charge is -2.11. The van der Waals surface area contributed by atoms with E-state index in [0.29, 0.717) is 22.4 Å². The number of aromatic nitrogens is 5. The molecule has 180 valence electrons. The Morgan fingerprint density at radius 2 is 1.61 bits per heavy atom. The maximum Gasteiger partial charge on any atom is 0.317 e. The van der Waals surface area contributed by atoms with Gasteiger partial charge in [-0.25, -0.2) is 4.39 Å². The second-order valence-corrected chi connectivity index (χ2v) is 8.66. The average Bonchev–Trinajstić information content (AvgIpc) is 3.57. The fourth-order valence-electron chi connectivity index (χ4n) is 3.46. The van der Waals surface area contributed by atoms with E-state index < -0.39 is 12.1 Å². The molecule has 0 bridgehead atoms. The zero-order valence-electron chi connectivity index (χ0n) is 19.1. The Morgan fingerprint density at radius 1 is 0.917 bits per heavy atom. The van der Waals surface area contributed by atoms with Gasteiger partial charge >= 0.3 is 5.97 Å². The smallest absolute Gasteiger partial charge is 0.317 e. The Kier molecular flexibility index (Phi) is 6.85. The monoisotopic (exact) mass is 501 g/mol. The van der Waals surface area contributed by atoms with E-state index in [1.54, 1.807) is 19.1 Å². The fourth-order valence-corrected chi connectivity index (χ4v) is 4.20. The number of halogens is 1. The molecular weight excluding hydrogens is 481 g/mol. The molecule has 0 spiro atoms. The molecule has 5 rings (SSSR count). The number of rotatable bonds is 8. The summed E-state index contributed by atoms with van der Waals surface area (Å²) in [5.41, 5.74) is 2.29. The Balaban J connectivity index is 1.29. The van der Waals surface area contributed by atoms with Crippen LogP contribution in [0.2, 0.25) is 0 Å². The molecule has 1 atom stereocenters. The molecule has 5 aromatic rings. The SMILES string of the molecule is CC(OC(=O)CSc1nnc(-c2ccc(F)cc2)n1-c1ccccc1)c1nnc(-c2ccccc2)o1. The molecule has 0 aliphatic heterocycles. The van der Waals surface area contributed by atoms with Crippen LogP contribution in [0.5, 0.6) is 0 Å². The molecule has 2 aromatic heterocycles. The number of carbonyl (C=O) groups is 1. The van der Waals surface area contributed by atoms with E-state index in [0.717, 1.165) is 11.3 Å². The van der Waals surface area contributed by atoms with Gasteiger partial charge in [0.15, 0.2) is 17.1 Å². The van der Waals surface area contributed by atoms with Crippen molar-refractivity contribution in [2.75, 3.05) is 5.75 Å². The zero-order chi connectivity index (χ0) is 24.9. The highest BCUT2D eigenvalue weighted by molar-refractivity contribution is 7.99. The van der Waals surface area contributed by atoms with Gasteiger partial charge in [-0.05, 0) is 55.5 Å². The highest BCUT2D eigenvalue weighted by Gasteiger charge is 2.21. The van der Waals surface area contributed by atoms with Crippen molar-refractivity contribution in [3.8, 4) is 28.5 Å². The van der Waals surface area contributed by atoms with Crippen molar-refractivity contribution in [1.29, 1.82) is 0 Å². The first-order valence-electron chi connectivity index (χ1n) is 11.1. The standard InChI is InChI=1S/C26H20FN5O3S/c1-17(24-29-30-25(35-24)19-8-4-2-5-9-19)34-22(33)16-36-26-31-28-23(18-12-14-20(27)15-13-18)32(26)21-10-6-3-7-11-21/h2-15,17H,16H2,1H3. The predicted molar refractivity (Wildman–Crippen MR) is 132 cm³/mol. The maximum absolute atomic E-state index is 13.4. The molecule has 10 heteroatoms. The molecular formula is C26H20FN5O3S. The van der Waals surface area contributed by atoms with E-state index >= 15 is 0 Å². The van der Waals surface area contributed by atoms with Gasteiger partial charge in [-0.3, -0.25) is 9.36 Å². The fraction of sp³-hybridized carbons (Fsp3) is 0.115. The molecule has 0 radical (unpaired) electrons. The lowest BCUT2D eigenvalue weighted by molar-refractivity contribution is -0.146. The molecule has 2 heterocycles. The van der Waals surface area contributed by atoms with Crippen LogP contribution in [-0.4, -0.2) is 36.7 Å². The van der Waals surface area contributed by atoms with E-state index in [1.165, 1.54) is 23.9 Å². The lowest BCUT2D eigenvalue weighted by Crippen LogP contribution is -2.12. The van der Waals surface area contributed by atoms with Crippen LogP contribution in [0, 0.1) is 5.82 Å². The van der Waals surface area contributed by atoms with Gasteiger partial charge in [0.1, 0.15) is 5.82 Å². The minimum Gasteiger partial charge on any atom is -0.452 e. The van der Waals surface area contributed by atoms with E-state index in [4.69, 9.17) is 9.15 Å². The van der Waals surface area contributed by atoms with Crippen LogP contribution in [0.4, 0.5) is 4.39 Å². The molecule has 1 unspecified atom stereocenters. The topological polar surface area (TPSA) is 95.9 Å². The third-order valence-electron chi connectivity index (χ3n) is 5.19. The van der Waals surface area contributed by atoms with Gasteiger partial charge in [-0.1, -0.05) is 48.2 Å². The first-order chi connectivity index (χ1) is 17.6. The van der Waals surface area contributed by atoms with Gasteiger partial charge in [0.25, 0.3) is 5.89 Å². The van der Waals surface area contributed by atoms with Gasteiger partial charge in [0.05, 0.1) is 5.75 Å². The number of thioether (sulfide) groups is 1. The van der Waals surface area contributed by atoms with Crippen LogP contribution in [0.1, 0.15) is 18.9 Å². The maximum atomic E-state index is 13.4. The number of nitrogens with zero attached hydrogens (tertiary/aromatic N) is 5. The minimum atomic E-state index is -0.718. The summed E-state index contributed by atoms with van der Waals surface area (Å²) < 4.78 is 26.4. The van der Waals surface area contributed by atoms with Crippen molar-refractivity contribution >= 4 is 17.7 Å². The number of esters is 1. The summed E-state index contributed by atoms with van der Waals surface area (Å²) in [7, 11) is 0. The predicted octanol–water partition coefficient (Wildman–Crippen LogP) is 5.52. The number of carbonyl (C=O) groups excluding carboxylic acids is 1. The summed E-state index contributed by atoms with van der Waals surface area (Å²) in [5, 5.41) is 17.1. The van der Waals surface area contributed by atoms with Crippen molar-refractivity contribution in [3.05, 3.63) is 96.6 Å². The lowest BCUT2D eigenvalue weighted by atomic mass is 10.2. The number of hydrogen-bond acceptors (Lipinski definition) is 8. The molecule has 0 aliphatic rings. The Morgan fingerprint density at radius 3 is 2.33 bits per heavy atom. The van der Waals surface area contributed by atoms with E-state index in [9.17, 15) is 9.18 Å². The summed E-state index contributed by atoms with van der Waals surface area (Å²) in [6.45, 7) is 1.67. The van der Waals surface area contributed by atoms with Gasteiger partial charge in [-0.2, -0.15) is 0 Å². The summed E-state index contributed by atoms with van der Waals surface area (Å²) in [4.78, 5) is 12.6. The van der Waals surface area contributed by atoms with Crippen LogP contribution in [-0.2, 0) is 9.53 Å². The largest absolute Gasteiger partial charge is 0.452 e. The summed E-state index contributed by atoms with van der Waals surface area (Å²) in [6.07, 6.45) is -0.718. The molecule has 0 amide bonds. The third kappa shape index (κ3) is 5.18. The first-order valence-corrected chi connectivity index (χ1v) is 12.0. The number of para-hydroxylation sites is 1. The average molecular weight is 502 g/mol. The van der Waals surface area contributed by atoms with Gasteiger partial charge in [0, 0.05) is 16.8 Å². The molecule has 0 saturated heterocycles.